The second kappa shape index (κ2) is 3.27. The second-order valence-corrected chi connectivity index (χ2v) is 2.90. The van der Waals surface area contributed by atoms with Crippen molar-refractivity contribution in [3.05, 3.63) is 29.3 Å². The molecule has 0 unspecified atom stereocenters. The number of hydrogen-bond donors (Lipinski definition) is 0. The zero-order valence-corrected chi connectivity index (χ0v) is 7.63. The summed E-state index contributed by atoms with van der Waals surface area (Å²) < 4.78 is 0. The number of hydrogen-bond acceptors (Lipinski definition) is 2. The third-order valence-electron chi connectivity index (χ3n) is 1.92. The van der Waals surface area contributed by atoms with E-state index in [1.807, 2.05) is 32.0 Å². The SMILES string of the molecule is Cc1cccc(C)c1N(C)C#N. The van der Waals surface area contributed by atoms with Crippen LogP contribution in [0.3, 0.4) is 0 Å². The average Bonchev–Trinajstić information content (AvgIpc) is 2.03. The molecule has 0 fully saturated rings. The lowest BCUT2D eigenvalue weighted by Crippen LogP contribution is -2.10. The Bertz CT molecular complexity index is 303. The number of benzene rings is 1. The van der Waals surface area contributed by atoms with Gasteiger partial charge in [0, 0.05) is 7.05 Å². The minimum Gasteiger partial charge on any atom is -0.282 e. The van der Waals surface area contributed by atoms with E-state index in [9.17, 15) is 0 Å². The Morgan fingerprint density at radius 3 is 2.17 bits per heavy atom. The zero-order valence-electron chi connectivity index (χ0n) is 7.63. The summed E-state index contributed by atoms with van der Waals surface area (Å²) in [6.45, 7) is 4.02. The van der Waals surface area contributed by atoms with Gasteiger partial charge in [-0.05, 0) is 25.0 Å². The molecule has 1 rings (SSSR count). The number of rotatable bonds is 1. The van der Waals surface area contributed by atoms with Crippen LogP contribution in [-0.2, 0) is 0 Å². The summed E-state index contributed by atoms with van der Waals surface area (Å²) in [5, 5.41) is 8.71. The molecule has 0 saturated carbocycles. The molecule has 0 saturated heterocycles. The van der Waals surface area contributed by atoms with E-state index in [-0.39, 0.29) is 0 Å². The number of nitriles is 1. The van der Waals surface area contributed by atoms with E-state index in [1.54, 1.807) is 11.9 Å². The molecule has 0 radical (unpaired) electrons. The average molecular weight is 160 g/mol. The lowest BCUT2D eigenvalue weighted by molar-refractivity contribution is 1.16. The predicted molar refractivity (Wildman–Crippen MR) is 49.9 cm³/mol. The Labute approximate surface area is 73.0 Å². The normalized spacial score (nSPS) is 9.17. The minimum absolute atomic E-state index is 1.01. The summed E-state index contributed by atoms with van der Waals surface area (Å²) >= 11 is 0. The maximum Gasteiger partial charge on any atom is 0.184 e. The standard InChI is InChI=1S/C10H12N2/c1-8-5-4-6-9(2)10(8)12(3)7-11/h4-6H,1-3H3. The molecule has 0 spiro atoms. The van der Waals surface area contributed by atoms with Gasteiger partial charge in [-0.25, -0.2) is 0 Å². The molecule has 0 aromatic heterocycles. The van der Waals surface area contributed by atoms with Crippen LogP contribution in [0.15, 0.2) is 18.2 Å². The highest BCUT2D eigenvalue weighted by Crippen LogP contribution is 2.22. The Morgan fingerprint density at radius 1 is 1.25 bits per heavy atom. The first-order valence-corrected chi connectivity index (χ1v) is 3.86. The maximum absolute atomic E-state index is 8.71. The smallest absolute Gasteiger partial charge is 0.184 e. The molecular weight excluding hydrogens is 148 g/mol. The van der Waals surface area contributed by atoms with Crippen molar-refractivity contribution in [3.63, 3.8) is 0 Å². The summed E-state index contributed by atoms with van der Waals surface area (Å²) in [5.41, 5.74) is 3.29. The van der Waals surface area contributed by atoms with Crippen molar-refractivity contribution in [2.24, 2.45) is 0 Å². The number of aryl methyl sites for hydroxylation is 2. The molecule has 0 amide bonds. The van der Waals surface area contributed by atoms with Crippen molar-refractivity contribution in [2.45, 2.75) is 13.8 Å². The molecule has 2 heteroatoms. The summed E-state index contributed by atoms with van der Waals surface area (Å²) in [5.74, 6) is 0. The summed E-state index contributed by atoms with van der Waals surface area (Å²) in [6, 6.07) is 6.02. The van der Waals surface area contributed by atoms with Gasteiger partial charge >= 0.3 is 0 Å². The first-order valence-electron chi connectivity index (χ1n) is 3.86. The first-order chi connectivity index (χ1) is 5.66. The molecule has 12 heavy (non-hydrogen) atoms. The van der Waals surface area contributed by atoms with E-state index < -0.39 is 0 Å². The number of para-hydroxylation sites is 1. The van der Waals surface area contributed by atoms with Crippen molar-refractivity contribution in [2.75, 3.05) is 11.9 Å². The second-order valence-electron chi connectivity index (χ2n) is 2.90. The van der Waals surface area contributed by atoms with Gasteiger partial charge in [-0.1, -0.05) is 18.2 Å². The maximum atomic E-state index is 8.71. The lowest BCUT2D eigenvalue weighted by Gasteiger charge is -2.14. The van der Waals surface area contributed by atoms with Crippen LogP contribution in [0.5, 0.6) is 0 Å². The Balaban J connectivity index is 3.23. The van der Waals surface area contributed by atoms with Crippen molar-refractivity contribution in [1.82, 2.24) is 0 Å². The highest BCUT2D eigenvalue weighted by molar-refractivity contribution is 5.60. The van der Waals surface area contributed by atoms with Crippen LogP contribution in [0.1, 0.15) is 11.1 Å². The minimum atomic E-state index is 1.01. The van der Waals surface area contributed by atoms with Gasteiger partial charge in [-0.2, -0.15) is 5.26 Å². The van der Waals surface area contributed by atoms with E-state index >= 15 is 0 Å². The molecule has 2 nitrogen and oxygen atoms in total. The van der Waals surface area contributed by atoms with E-state index in [0.717, 1.165) is 16.8 Å². The van der Waals surface area contributed by atoms with Crippen LogP contribution in [0, 0.1) is 25.3 Å². The molecule has 0 N–H and O–H groups in total. The van der Waals surface area contributed by atoms with Crippen LogP contribution >= 0.6 is 0 Å². The first kappa shape index (κ1) is 8.61. The molecule has 0 bridgehead atoms. The van der Waals surface area contributed by atoms with Crippen LogP contribution in [0.2, 0.25) is 0 Å². The van der Waals surface area contributed by atoms with Crippen molar-refractivity contribution in [1.29, 1.82) is 5.26 Å². The Morgan fingerprint density at radius 2 is 1.75 bits per heavy atom. The van der Waals surface area contributed by atoms with Crippen LogP contribution in [0.4, 0.5) is 5.69 Å². The number of nitrogens with zero attached hydrogens (tertiary/aromatic N) is 2. The highest BCUT2D eigenvalue weighted by Gasteiger charge is 2.05. The quantitative estimate of drug-likeness (QED) is 0.465. The molecule has 1 aromatic carbocycles. The molecular formula is C10H12N2. The molecule has 0 heterocycles. The fraction of sp³-hybridized carbons (Fsp3) is 0.300. The molecule has 1 aromatic rings. The van der Waals surface area contributed by atoms with Crippen LogP contribution in [0.25, 0.3) is 0 Å². The Hall–Kier alpha value is -1.49. The zero-order chi connectivity index (χ0) is 9.14. The molecule has 0 atom stereocenters. The van der Waals surface area contributed by atoms with Crippen molar-refractivity contribution in [3.8, 4) is 6.19 Å². The van der Waals surface area contributed by atoms with E-state index in [0.29, 0.717) is 0 Å². The van der Waals surface area contributed by atoms with Crippen LogP contribution < -0.4 is 4.90 Å². The van der Waals surface area contributed by atoms with Crippen molar-refractivity contribution >= 4 is 5.69 Å². The van der Waals surface area contributed by atoms with Gasteiger partial charge in [0.05, 0.1) is 5.69 Å². The van der Waals surface area contributed by atoms with Gasteiger partial charge in [-0.15, -0.1) is 0 Å². The van der Waals surface area contributed by atoms with E-state index in [2.05, 4.69) is 6.19 Å². The van der Waals surface area contributed by atoms with Crippen LogP contribution in [-0.4, -0.2) is 7.05 Å². The van der Waals surface area contributed by atoms with E-state index in [4.69, 9.17) is 5.26 Å². The van der Waals surface area contributed by atoms with Gasteiger partial charge in [0.2, 0.25) is 0 Å². The predicted octanol–water partition coefficient (Wildman–Crippen LogP) is 2.22. The molecule has 0 aliphatic carbocycles. The fourth-order valence-corrected chi connectivity index (χ4v) is 1.38. The van der Waals surface area contributed by atoms with Gasteiger partial charge in [0.1, 0.15) is 0 Å². The summed E-state index contributed by atoms with van der Waals surface area (Å²) in [6.07, 6.45) is 2.10. The summed E-state index contributed by atoms with van der Waals surface area (Å²) in [7, 11) is 1.77. The monoisotopic (exact) mass is 160 g/mol. The summed E-state index contributed by atoms with van der Waals surface area (Å²) in [4.78, 5) is 1.59. The Kier molecular flexibility index (Phi) is 2.35. The molecule has 62 valence electrons. The van der Waals surface area contributed by atoms with Gasteiger partial charge in [-0.3, -0.25) is 4.90 Å². The van der Waals surface area contributed by atoms with Gasteiger partial charge < -0.3 is 0 Å². The number of anilines is 1. The molecule has 0 aliphatic heterocycles. The van der Waals surface area contributed by atoms with Gasteiger partial charge in [0.25, 0.3) is 0 Å². The van der Waals surface area contributed by atoms with E-state index in [1.165, 1.54) is 0 Å². The third-order valence-corrected chi connectivity index (χ3v) is 1.92. The lowest BCUT2D eigenvalue weighted by atomic mass is 10.1. The topological polar surface area (TPSA) is 27.0 Å². The third kappa shape index (κ3) is 1.40. The van der Waals surface area contributed by atoms with Gasteiger partial charge in [0.15, 0.2) is 6.19 Å². The molecule has 0 aliphatic rings. The largest absolute Gasteiger partial charge is 0.282 e. The highest BCUT2D eigenvalue weighted by atomic mass is 15.1. The fourth-order valence-electron chi connectivity index (χ4n) is 1.38. The van der Waals surface area contributed by atoms with Crippen molar-refractivity contribution < 1.29 is 0 Å².